The Balaban J connectivity index is 1.95. The fourth-order valence-electron chi connectivity index (χ4n) is 3.33. The summed E-state index contributed by atoms with van der Waals surface area (Å²) in [6.07, 6.45) is 0.0473. The fraction of sp³-hybridized carbons (Fsp3) is 0.105. The number of benzene rings is 2. The number of ketones is 2. The second-order valence-corrected chi connectivity index (χ2v) is 5.85. The molecule has 2 aromatic rings. The van der Waals surface area contributed by atoms with Gasteiger partial charge in [0.1, 0.15) is 5.82 Å². The van der Waals surface area contributed by atoms with Crippen LogP contribution in [0.4, 0.5) is 4.39 Å². The number of carbonyl (C=O) groups is 3. The van der Waals surface area contributed by atoms with Crippen molar-refractivity contribution < 1.29 is 18.8 Å². The van der Waals surface area contributed by atoms with Crippen LogP contribution in [0.5, 0.6) is 0 Å². The molecule has 0 aromatic heterocycles. The number of hydrogen-bond acceptors (Lipinski definition) is 3. The minimum absolute atomic E-state index is 0.0473. The number of allylic oxidation sites excluding steroid dienone is 1. The van der Waals surface area contributed by atoms with Gasteiger partial charge in [0.05, 0.1) is 5.70 Å². The smallest absolute Gasteiger partial charge is 0.233 e. The van der Waals surface area contributed by atoms with Gasteiger partial charge in [0.15, 0.2) is 0 Å². The van der Waals surface area contributed by atoms with Crippen LogP contribution in [0.2, 0.25) is 0 Å². The van der Waals surface area contributed by atoms with Gasteiger partial charge >= 0.3 is 0 Å². The molecule has 1 aliphatic carbocycles. The lowest BCUT2D eigenvalue weighted by Gasteiger charge is -2.31. The van der Waals surface area contributed by atoms with Gasteiger partial charge in [0.2, 0.25) is 17.5 Å². The summed E-state index contributed by atoms with van der Waals surface area (Å²) in [5, 5.41) is 2.73. The zero-order chi connectivity index (χ0) is 16.8. The van der Waals surface area contributed by atoms with Crippen LogP contribution in [0, 0.1) is 5.82 Å². The van der Waals surface area contributed by atoms with Crippen LogP contribution in [0.15, 0.2) is 54.1 Å². The molecule has 0 spiro atoms. The van der Waals surface area contributed by atoms with E-state index >= 15 is 0 Å². The number of nitrogens with one attached hydrogen (secondary N) is 1. The number of amides is 1. The molecule has 5 heteroatoms. The average molecular weight is 321 g/mol. The number of hydrogen-bond donors (Lipinski definition) is 1. The highest BCUT2D eigenvalue weighted by Crippen LogP contribution is 2.40. The van der Waals surface area contributed by atoms with Crippen LogP contribution in [-0.4, -0.2) is 17.5 Å². The maximum atomic E-state index is 13.2. The first-order valence-corrected chi connectivity index (χ1v) is 7.54. The van der Waals surface area contributed by atoms with Gasteiger partial charge in [-0.1, -0.05) is 36.4 Å². The van der Waals surface area contributed by atoms with E-state index in [4.69, 9.17) is 0 Å². The first kappa shape index (κ1) is 14.5. The van der Waals surface area contributed by atoms with Crippen LogP contribution in [0.3, 0.4) is 0 Å². The number of carbonyl (C=O) groups excluding carboxylic acids is 3. The van der Waals surface area contributed by atoms with Crippen molar-refractivity contribution in [2.24, 2.45) is 0 Å². The minimum atomic E-state index is -0.613. The Labute approximate surface area is 137 Å². The maximum Gasteiger partial charge on any atom is 0.233 e. The van der Waals surface area contributed by atoms with Crippen LogP contribution in [-0.2, 0) is 9.59 Å². The Morgan fingerprint density at radius 2 is 1.54 bits per heavy atom. The molecular weight excluding hydrogens is 309 g/mol. The molecule has 0 saturated heterocycles. The Bertz CT molecular complexity index is 928. The van der Waals surface area contributed by atoms with Crippen molar-refractivity contribution in [3.63, 3.8) is 0 Å². The molecule has 0 fully saturated rings. The zero-order valence-electron chi connectivity index (χ0n) is 12.5. The second-order valence-electron chi connectivity index (χ2n) is 5.85. The summed E-state index contributed by atoms with van der Waals surface area (Å²) in [6.45, 7) is 0. The summed E-state index contributed by atoms with van der Waals surface area (Å²) in [7, 11) is 0. The van der Waals surface area contributed by atoms with Crippen molar-refractivity contribution in [3.05, 3.63) is 76.6 Å². The molecule has 0 radical (unpaired) electrons. The SMILES string of the molecule is O=C1CC(c2ccc(F)cc2)C2=C(N1)c1ccccc1C(=O)C2=O. The molecule has 24 heavy (non-hydrogen) atoms. The monoisotopic (exact) mass is 321 g/mol. The van der Waals surface area contributed by atoms with Gasteiger partial charge in [-0.05, 0) is 17.7 Å². The van der Waals surface area contributed by atoms with E-state index in [9.17, 15) is 18.8 Å². The molecular formula is C19H12FNO3. The van der Waals surface area contributed by atoms with E-state index in [0.717, 1.165) is 0 Å². The van der Waals surface area contributed by atoms with E-state index in [1.54, 1.807) is 36.4 Å². The van der Waals surface area contributed by atoms with Crippen molar-refractivity contribution in [2.45, 2.75) is 12.3 Å². The van der Waals surface area contributed by atoms with Gasteiger partial charge in [0, 0.05) is 29.0 Å². The predicted molar refractivity (Wildman–Crippen MR) is 84.6 cm³/mol. The Morgan fingerprint density at radius 1 is 0.875 bits per heavy atom. The van der Waals surface area contributed by atoms with Crippen LogP contribution >= 0.6 is 0 Å². The third kappa shape index (κ3) is 2.09. The van der Waals surface area contributed by atoms with E-state index < -0.39 is 23.3 Å². The van der Waals surface area contributed by atoms with Gasteiger partial charge in [-0.15, -0.1) is 0 Å². The van der Waals surface area contributed by atoms with Gasteiger partial charge in [0.25, 0.3) is 0 Å². The molecule has 2 aliphatic rings. The highest BCUT2D eigenvalue weighted by atomic mass is 19.1. The second kappa shape index (κ2) is 5.23. The molecule has 1 heterocycles. The average Bonchev–Trinajstić information content (AvgIpc) is 2.59. The Hall–Kier alpha value is -3.08. The van der Waals surface area contributed by atoms with E-state index in [2.05, 4.69) is 5.32 Å². The first-order chi connectivity index (χ1) is 11.6. The number of halogens is 1. The molecule has 1 amide bonds. The topological polar surface area (TPSA) is 63.2 Å². The number of fused-ring (bicyclic) bond motifs is 2. The first-order valence-electron chi connectivity index (χ1n) is 7.54. The normalized spacial score (nSPS) is 19.7. The van der Waals surface area contributed by atoms with Crippen molar-refractivity contribution in [1.82, 2.24) is 5.32 Å². The summed E-state index contributed by atoms with van der Waals surface area (Å²) in [6, 6.07) is 12.4. The molecule has 1 aliphatic heterocycles. The molecule has 1 N–H and O–H groups in total. The van der Waals surface area contributed by atoms with Crippen molar-refractivity contribution >= 4 is 23.2 Å². The summed E-state index contributed by atoms with van der Waals surface area (Å²) >= 11 is 0. The third-order valence-electron chi connectivity index (χ3n) is 4.44. The highest BCUT2D eigenvalue weighted by molar-refractivity contribution is 6.53. The zero-order valence-corrected chi connectivity index (χ0v) is 12.5. The molecule has 4 nitrogen and oxygen atoms in total. The summed E-state index contributed by atoms with van der Waals surface area (Å²) in [4.78, 5) is 37.2. The largest absolute Gasteiger partial charge is 0.325 e. The number of rotatable bonds is 1. The molecule has 118 valence electrons. The van der Waals surface area contributed by atoms with Crippen LogP contribution in [0.25, 0.3) is 5.70 Å². The maximum absolute atomic E-state index is 13.2. The molecule has 1 atom stereocenters. The van der Waals surface area contributed by atoms with Gasteiger partial charge in [-0.2, -0.15) is 0 Å². The van der Waals surface area contributed by atoms with E-state index in [0.29, 0.717) is 22.4 Å². The van der Waals surface area contributed by atoms with E-state index in [-0.39, 0.29) is 17.9 Å². The molecule has 4 rings (SSSR count). The Morgan fingerprint density at radius 3 is 2.25 bits per heavy atom. The fourth-order valence-corrected chi connectivity index (χ4v) is 3.33. The summed E-state index contributed by atoms with van der Waals surface area (Å²) in [5.74, 6) is -2.38. The van der Waals surface area contributed by atoms with Gasteiger partial charge in [-0.25, -0.2) is 4.39 Å². The lowest BCUT2D eigenvalue weighted by molar-refractivity contribution is -0.120. The minimum Gasteiger partial charge on any atom is -0.325 e. The molecule has 1 unspecified atom stereocenters. The predicted octanol–water partition coefficient (Wildman–Crippen LogP) is 2.61. The van der Waals surface area contributed by atoms with E-state index in [1.807, 2.05) is 0 Å². The van der Waals surface area contributed by atoms with Crippen molar-refractivity contribution in [1.29, 1.82) is 0 Å². The van der Waals surface area contributed by atoms with Gasteiger partial charge < -0.3 is 5.32 Å². The lowest BCUT2D eigenvalue weighted by atomic mass is 9.75. The lowest BCUT2D eigenvalue weighted by Crippen LogP contribution is -2.39. The molecule has 2 aromatic carbocycles. The number of Topliss-reactive ketones (excluding diaryl/α,β-unsaturated/α-hetero) is 2. The van der Waals surface area contributed by atoms with Crippen LogP contribution in [0.1, 0.15) is 33.8 Å². The standard InChI is InChI=1S/C19H12FNO3/c20-11-7-5-10(6-8-11)14-9-15(22)21-17-12-3-1-2-4-13(12)18(23)19(24)16(14)17/h1-8,14H,9H2,(H,21,22). The Kier molecular flexibility index (Phi) is 3.16. The molecule has 0 saturated carbocycles. The summed E-state index contributed by atoms with van der Waals surface area (Å²) in [5.41, 5.74) is 2.16. The quantitative estimate of drug-likeness (QED) is 0.821. The van der Waals surface area contributed by atoms with Gasteiger partial charge in [-0.3, -0.25) is 14.4 Å². The third-order valence-corrected chi connectivity index (χ3v) is 4.44. The van der Waals surface area contributed by atoms with Crippen molar-refractivity contribution in [2.75, 3.05) is 0 Å². The molecule has 0 bridgehead atoms. The highest BCUT2D eigenvalue weighted by Gasteiger charge is 2.41. The van der Waals surface area contributed by atoms with Crippen molar-refractivity contribution in [3.8, 4) is 0 Å². The van der Waals surface area contributed by atoms with E-state index in [1.165, 1.54) is 12.1 Å². The summed E-state index contributed by atoms with van der Waals surface area (Å²) < 4.78 is 13.2. The van der Waals surface area contributed by atoms with Crippen LogP contribution < -0.4 is 5.32 Å².